The van der Waals surface area contributed by atoms with Gasteiger partial charge in [0.15, 0.2) is 0 Å². The number of para-hydroxylation sites is 4. The number of aliphatic hydroxyl groups excluding tert-OH is 2. The minimum atomic E-state index is -0.793. The molecular formula is C46H40N4O2. The van der Waals surface area contributed by atoms with Gasteiger partial charge in [-0.1, -0.05) is 146 Å². The van der Waals surface area contributed by atoms with Gasteiger partial charge < -0.3 is 10.2 Å². The molecule has 6 heteroatoms. The average molecular weight is 681 g/mol. The van der Waals surface area contributed by atoms with Crippen LogP contribution < -0.4 is 0 Å². The lowest BCUT2D eigenvalue weighted by molar-refractivity contribution is 0.190. The maximum absolute atomic E-state index is 11.8. The summed E-state index contributed by atoms with van der Waals surface area (Å²) in [4.78, 5) is 20.7. The Bertz CT molecular complexity index is 1900. The van der Waals surface area contributed by atoms with E-state index >= 15 is 0 Å². The Balaban J connectivity index is 1.42. The van der Waals surface area contributed by atoms with Gasteiger partial charge in [0.1, 0.15) is 0 Å². The van der Waals surface area contributed by atoms with Gasteiger partial charge in [-0.05, 0) is 46.5 Å². The van der Waals surface area contributed by atoms with Crippen LogP contribution in [0.4, 0.5) is 22.7 Å². The summed E-state index contributed by atoms with van der Waals surface area (Å²) in [5.41, 5.74) is 9.33. The summed E-state index contributed by atoms with van der Waals surface area (Å²) >= 11 is 0. The quantitative estimate of drug-likeness (QED) is 0.194. The van der Waals surface area contributed by atoms with E-state index in [2.05, 4.69) is 0 Å². The third-order valence-electron chi connectivity index (χ3n) is 8.93. The molecule has 6 nitrogen and oxygen atoms in total. The van der Waals surface area contributed by atoms with Crippen LogP contribution in [0.15, 0.2) is 190 Å². The first-order valence-corrected chi connectivity index (χ1v) is 17.6. The molecule has 0 saturated heterocycles. The average Bonchev–Trinajstić information content (AvgIpc) is 3.19. The molecule has 0 saturated carbocycles. The Morgan fingerprint density at radius 1 is 0.288 bits per heavy atom. The number of hydrogen-bond acceptors (Lipinski definition) is 6. The van der Waals surface area contributed by atoms with Gasteiger partial charge in [-0.3, -0.25) is 20.0 Å². The Hall–Kier alpha value is -6.08. The van der Waals surface area contributed by atoms with Crippen molar-refractivity contribution in [2.75, 3.05) is 0 Å². The lowest BCUT2D eigenvalue weighted by atomic mass is 9.97. The topological polar surface area (TPSA) is 89.9 Å². The van der Waals surface area contributed by atoms with Crippen molar-refractivity contribution >= 4 is 45.6 Å². The number of hydrogen-bond donors (Lipinski definition) is 2. The molecule has 52 heavy (non-hydrogen) atoms. The molecular weight excluding hydrogens is 641 g/mol. The highest BCUT2D eigenvalue weighted by Gasteiger charge is 2.20. The van der Waals surface area contributed by atoms with Gasteiger partial charge in [0.2, 0.25) is 0 Å². The van der Waals surface area contributed by atoms with Crippen molar-refractivity contribution in [1.29, 1.82) is 0 Å². The fraction of sp³-hybridized carbons (Fsp3) is 0.130. The molecule has 6 aromatic carbocycles. The molecule has 6 aromatic rings. The van der Waals surface area contributed by atoms with Crippen LogP contribution in [0.5, 0.6) is 0 Å². The molecule has 1 heterocycles. The fourth-order valence-corrected chi connectivity index (χ4v) is 6.36. The Kier molecular flexibility index (Phi) is 11.1. The van der Waals surface area contributed by atoms with E-state index in [9.17, 15) is 10.2 Å². The van der Waals surface area contributed by atoms with Crippen LogP contribution in [0.25, 0.3) is 0 Å². The standard InChI is InChI=1S/C46H40N4O2/c51-37-29-43(33-17-5-1-6-18-33)47-39-25-13-14-26-40(39)48-45(35-21-9-3-10-22-35)31-38(52)32-46(36-23-11-4-12-24-36)50-42-28-16-15-27-41(42)49-44(30-37)34-19-7-2-8-20-34/h1-28,37-38,51-52H,29-32H2/b47-43-,48-45-,49-44-,50-46-. The number of benzene rings is 6. The molecule has 0 aliphatic carbocycles. The molecule has 0 aromatic heterocycles. The van der Waals surface area contributed by atoms with Crippen LogP contribution in [-0.4, -0.2) is 45.3 Å². The maximum Gasteiger partial charge on any atom is 0.0889 e. The van der Waals surface area contributed by atoms with E-state index in [0.717, 1.165) is 45.1 Å². The first-order valence-electron chi connectivity index (χ1n) is 17.6. The third kappa shape index (κ3) is 8.79. The number of fused-ring (bicyclic) bond motifs is 2. The SMILES string of the molecule is OC1C/C(c2ccccc2)=N/c2ccccc2/N=C(\c2ccccc2)CC(O)C/C(c2ccccc2)=N/c2ccccc2/N=C(\c2ccccc2)C1. The molecule has 0 amide bonds. The Morgan fingerprint density at radius 2 is 0.481 bits per heavy atom. The fourth-order valence-electron chi connectivity index (χ4n) is 6.36. The van der Waals surface area contributed by atoms with Crippen LogP contribution in [0.1, 0.15) is 47.9 Å². The molecule has 0 bridgehead atoms. The van der Waals surface area contributed by atoms with Crippen molar-refractivity contribution in [3.8, 4) is 0 Å². The summed E-state index contributed by atoms with van der Waals surface area (Å²) in [5, 5.41) is 23.7. The number of rotatable bonds is 4. The molecule has 0 spiro atoms. The van der Waals surface area contributed by atoms with Gasteiger partial charge in [-0.2, -0.15) is 0 Å². The first-order chi connectivity index (χ1) is 25.6. The highest BCUT2D eigenvalue weighted by Crippen LogP contribution is 2.33. The summed E-state index contributed by atoms with van der Waals surface area (Å²) in [5.74, 6) is 0. The van der Waals surface area contributed by atoms with Crippen molar-refractivity contribution in [2.45, 2.75) is 37.9 Å². The Morgan fingerprint density at radius 3 is 0.692 bits per heavy atom. The molecule has 1 aliphatic heterocycles. The van der Waals surface area contributed by atoms with E-state index in [1.807, 2.05) is 170 Å². The van der Waals surface area contributed by atoms with Crippen LogP contribution in [0.2, 0.25) is 0 Å². The maximum atomic E-state index is 11.8. The number of aliphatic hydroxyl groups is 2. The van der Waals surface area contributed by atoms with Crippen LogP contribution >= 0.6 is 0 Å². The van der Waals surface area contributed by atoms with E-state index in [4.69, 9.17) is 20.0 Å². The predicted molar refractivity (Wildman–Crippen MR) is 214 cm³/mol. The van der Waals surface area contributed by atoms with E-state index < -0.39 is 12.2 Å². The number of aliphatic imine (C=N–C) groups is 4. The van der Waals surface area contributed by atoms with E-state index in [-0.39, 0.29) is 25.7 Å². The van der Waals surface area contributed by atoms with Gasteiger partial charge in [-0.25, -0.2) is 0 Å². The normalized spacial score (nSPS) is 21.2. The molecule has 0 fully saturated rings. The van der Waals surface area contributed by atoms with Crippen molar-refractivity contribution in [1.82, 2.24) is 0 Å². The van der Waals surface area contributed by atoms with Gasteiger partial charge in [0.05, 0.1) is 57.8 Å². The van der Waals surface area contributed by atoms with Crippen LogP contribution in [0, 0.1) is 0 Å². The predicted octanol–water partition coefficient (Wildman–Crippen LogP) is 10.2. The number of nitrogens with zero attached hydrogens (tertiary/aromatic N) is 4. The zero-order valence-corrected chi connectivity index (χ0v) is 28.8. The molecule has 2 N–H and O–H groups in total. The minimum Gasteiger partial charge on any atom is -0.392 e. The van der Waals surface area contributed by atoms with E-state index in [1.54, 1.807) is 0 Å². The zero-order chi connectivity index (χ0) is 35.5. The van der Waals surface area contributed by atoms with E-state index in [1.165, 1.54) is 0 Å². The lowest BCUT2D eigenvalue weighted by Crippen LogP contribution is -2.20. The lowest BCUT2D eigenvalue weighted by Gasteiger charge is -2.18. The monoisotopic (exact) mass is 680 g/mol. The minimum absolute atomic E-state index is 0.288. The molecule has 7 rings (SSSR count). The van der Waals surface area contributed by atoms with Gasteiger partial charge >= 0.3 is 0 Å². The van der Waals surface area contributed by atoms with Gasteiger partial charge in [0, 0.05) is 25.7 Å². The van der Waals surface area contributed by atoms with Gasteiger partial charge in [0.25, 0.3) is 0 Å². The van der Waals surface area contributed by atoms with Crippen molar-refractivity contribution in [2.24, 2.45) is 20.0 Å². The molecule has 0 radical (unpaired) electrons. The molecule has 1 aliphatic rings. The van der Waals surface area contributed by atoms with E-state index in [0.29, 0.717) is 22.7 Å². The van der Waals surface area contributed by atoms with Crippen molar-refractivity contribution in [3.63, 3.8) is 0 Å². The Labute approximate surface area is 305 Å². The van der Waals surface area contributed by atoms with Crippen LogP contribution in [0.3, 0.4) is 0 Å². The van der Waals surface area contributed by atoms with Crippen molar-refractivity contribution < 1.29 is 10.2 Å². The summed E-state index contributed by atoms with van der Waals surface area (Å²) < 4.78 is 0. The summed E-state index contributed by atoms with van der Waals surface area (Å²) in [6.07, 6.45) is -0.436. The third-order valence-corrected chi connectivity index (χ3v) is 8.93. The smallest absolute Gasteiger partial charge is 0.0889 e. The second-order valence-corrected chi connectivity index (χ2v) is 12.8. The van der Waals surface area contributed by atoms with Crippen molar-refractivity contribution in [3.05, 3.63) is 192 Å². The summed E-state index contributed by atoms with van der Waals surface area (Å²) in [6.45, 7) is 0. The molecule has 0 unspecified atom stereocenters. The highest BCUT2D eigenvalue weighted by atomic mass is 16.3. The summed E-state index contributed by atoms with van der Waals surface area (Å²) in [6, 6.07) is 55.4. The molecule has 0 atom stereocenters. The second kappa shape index (κ2) is 16.8. The first kappa shape index (κ1) is 34.4. The second-order valence-electron chi connectivity index (χ2n) is 12.8. The highest BCUT2D eigenvalue weighted by molar-refractivity contribution is 6.08. The van der Waals surface area contributed by atoms with Gasteiger partial charge in [-0.15, -0.1) is 0 Å². The largest absolute Gasteiger partial charge is 0.392 e. The zero-order valence-electron chi connectivity index (χ0n) is 28.8. The molecule has 256 valence electrons. The summed E-state index contributed by atoms with van der Waals surface area (Å²) in [7, 11) is 0. The van der Waals surface area contributed by atoms with Crippen LogP contribution in [-0.2, 0) is 0 Å².